The van der Waals surface area contributed by atoms with E-state index in [-0.39, 0.29) is 11.8 Å². The summed E-state index contributed by atoms with van der Waals surface area (Å²) >= 11 is 0. The summed E-state index contributed by atoms with van der Waals surface area (Å²) in [4.78, 5) is 28.0. The van der Waals surface area contributed by atoms with Crippen molar-refractivity contribution in [2.24, 2.45) is 0 Å². The van der Waals surface area contributed by atoms with E-state index in [0.29, 0.717) is 38.4 Å². The third kappa shape index (κ3) is 5.45. The molecule has 6 nitrogen and oxygen atoms in total. The Morgan fingerprint density at radius 2 is 1.96 bits per heavy atom. The van der Waals surface area contributed by atoms with Crippen LogP contribution < -0.4 is 5.32 Å². The number of piperidine rings is 1. The van der Waals surface area contributed by atoms with Gasteiger partial charge in [0.2, 0.25) is 11.8 Å². The normalized spacial score (nSPS) is 26.1. The minimum absolute atomic E-state index is 0.0475. The third-order valence-corrected chi connectivity index (χ3v) is 5.61. The molecule has 0 spiro atoms. The highest BCUT2D eigenvalue weighted by atomic mass is 16.3. The molecule has 24 heavy (non-hydrogen) atoms. The number of nitrogens with zero attached hydrogens (tertiary/aromatic N) is 2. The van der Waals surface area contributed by atoms with E-state index in [1.165, 1.54) is 19.3 Å². The largest absolute Gasteiger partial charge is 0.389 e. The van der Waals surface area contributed by atoms with Gasteiger partial charge in [0.25, 0.3) is 0 Å². The van der Waals surface area contributed by atoms with Crippen LogP contribution in [0, 0.1) is 0 Å². The smallest absolute Gasteiger partial charge is 0.236 e. The lowest BCUT2D eigenvalue weighted by Crippen LogP contribution is -2.52. The quantitative estimate of drug-likeness (QED) is 0.761. The lowest BCUT2D eigenvalue weighted by molar-refractivity contribution is -0.136. The molecule has 1 atom stereocenters. The number of amides is 2. The molecule has 138 valence electrons. The van der Waals surface area contributed by atoms with Crippen molar-refractivity contribution in [2.75, 3.05) is 33.7 Å². The summed E-state index contributed by atoms with van der Waals surface area (Å²) in [5, 5.41) is 13.3. The van der Waals surface area contributed by atoms with E-state index in [0.717, 1.165) is 25.8 Å². The molecule has 1 aliphatic heterocycles. The van der Waals surface area contributed by atoms with Gasteiger partial charge in [0.05, 0.1) is 12.1 Å². The number of rotatable bonds is 6. The molecule has 0 aromatic carbocycles. The van der Waals surface area contributed by atoms with Crippen LogP contribution in [0.2, 0.25) is 0 Å². The van der Waals surface area contributed by atoms with Crippen molar-refractivity contribution in [1.82, 2.24) is 15.1 Å². The van der Waals surface area contributed by atoms with E-state index < -0.39 is 5.60 Å². The van der Waals surface area contributed by atoms with Gasteiger partial charge in [0, 0.05) is 33.1 Å². The molecule has 2 aliphatic rings. The van der Waals surface area contributed by atoms with Crippen LogP contribution in [0.15, 0.2) is 0 Å². The van der Waals surface area contributed by atoms with Crippen LogP contribution in [-0.2, 0) is 9.59 Å². The topological polar surface area (TPSA) is 72.9 Å². The summed E-state index contributed by atoms with van der Waals surface area (Å²) in [6.07, 6.45) is 8.28. The number of nitrogens with one attached hydrogen (secondary N) is 1. The predicted molar refractivity (Wildman–Crippen MR) is 93.6 cm³/mol. The monoisotopic (exact) mass is 339 g/mol. The highest BCUT2D eigenvalue weighted by Crippen LogP contribution is 2.26. The van der Waals surface area contributed by atoms with Gasteiger partial charge in [0.1, 0.15) is 0 Å². The van der Waals surface area contributed by atoms with Crippen LogP contribution in [0.4, 0.5) is 0 Å². The van der Waals surface area contributed by atoms with Crippen molar-refractivity contribution in [3.63, 3.8) is 0 Å². The zero-order valence-electron chi connectivity index (χ0n) is 15.2. The fourth-order valence-electron chi connectivity index (χ4n) is 3.99. The number of hydrogen-bond acceptors (Lipinski definition) is 4. The zero-order chi connectivity index (χ0) is 17.6. The van der Waals surface area contributed by atoms with E-state index >= 15 is 0 Å². The first-order chi connectivity index (χ1) is 11.4. The van der Waals surface area contributed by atoms with Gasteiger partial charge in [-0.3, -0.25) is 14.5 Å². The molecule has 0 aromatic heterocycles. The number of carbonyl (C=O) groups excluding carboxylic acids is 2. The van der Waals surface area contributed by atoms with Crippen LogP contribution >= 0.6 is 0 Å². The number of β-amino-alcohol motifs (C(OH)–C–C–N with tert-alkyl or cyclic N) is 1. The Morgan fingerprint density at radius 3 is 2.62 bits per heavy atom. The van der Waals surface area contributed by atoms with Crippen molar-refractivity contribution >= 4 is 11.8 Å². The Hall–Kier alpha value is -1.14. The second-order valence-electron chi connectivity index (χ2n) is 7.51. The number of likely N-dealkylation sites (N-methyl/N-ethyl adjacent to an activating group) is 1. The molecule has 0 bridgehead atoms. The fourth-order valence-corrected chi connectivity index (χ4v) is 3.99. The summed E-state index contributed by atoms with van der Waals surface area (Å²) in [5.74, 6) is 0.103. The van der Waals surface area contributed by atoms with Crippen LogP contribution in [-0.4, -0.2) is 72.1 Å². The Labute approximate surface area is 145 Å². The maximum absolute atomic E-state index is 12.6. The zero-order valence-corrected chi connectivity index (χ0v) is 15.2. The molecule has 2 fully saturated rings. The summed E-state index contributed by atoms with van der Waals surface area (Å²) in [7, 11) is 3.53. The van der Waals surface area contributed by atoms with Gasteiger partial charge in [-0.15, -0.1) is 0 Å². The molecule has 1 saturated heterocycles. The molecule has 2 rings (SSSR count). The maximum Gasteiger partial charge on any atom is 0.236 e. The Morgan fingerprint density at radius 1 is 1.25 bits per heavy atom. The highest BCUT2D eigenvalue weighted by Gasteiger charge is 2.34. The predicted octanol–water partition coefficient (Wildman–Crippen LogP) is 1.13. The van der Waals surface area contributed by atoms with Gasteiger partial charge < -0.3 is 15.3 Å². The summed E-state index contributed by atoms with van der Waals surface area (Å²) in [6, 6.07) is 0.378. The molecule has 2 amide bonds. The molecular weight excluding hydrogens is 306 g/mol. The average molecular weight is 339 g/mol. The summed E-state index contributed by atoms with van der Waals surface area (Å²) < 4.78 is 0. The van der Waals surface area contributed by atoms with Crippen molar-refractivity contribution in [2.45, 2.75) is 69.4 Å². The molecule has 1 saturated carbocycles. The summed E-state index contributed by atoms with van der Waals surface area (Å²) in [6.45, 7) is 1.69. The molecule has 0 radical (unpaired) electrons. The number of hydrogen-bond donors (Lipinski definition) is 2. The summed E-state index contributed by atoms with van der Waals surface area (Å²) in [5.41, 5.74) is -0.853. The van der Waals surface area contributed by atoms with Gasteiger partial charge in [-0.05, 0) is 38.6 Å². The van der Waals surface area contributed by atoms with Crippen molar-refractivity contribution in [1.29, 1.82) is 0 Å². The lowest BCUT2D eigenvalue weighted by Gasteiger charge is -2.40. The first kappa shape index (κ1) is 19.2. The van der Waals surface area contributed by atoms with Gasteiger partial charge in [-0.2, -0.15) is 0 Å². The van der Waals surface area contributed by atoms with Crippen molar-refractivity contribution in [3.05, 3.63) is 0 Å². The first-order valence-electron chi connectivity index (χ1n) is 9.34. The Kier molecular flexibility index (Phi) is 7.04. The van der Waals surface area contributed by atoms with Gasteiger partial charge in [-0.1, -0.05) is 19.3 Å². The van der Waals surface area contributed by atoms with Crippen molar-refractivity contribution in [3.8, 4) is 0 Å². The number of carbonyl (C=O) groups is 2. The average Bonchev–Trinajstić information content (AvgIpc) is 2.59. The SMILES string of the molecule is CNC(=O)CC[C@]1(O)CCCN(CC(=O)N(C)C2CCCCC2)C1. The molecule has 1 aliphatic carbocycles. The van der Waals surface area contributed by atoms with Gasteiger partial charge in [-0.25, -0.2) is 0 Å². The number of aliphatic hydroxyl groups is 1. The molecule has 0 aromatic rings. The van der Waals surface area contributed by atoms with E-state index in [2.05, 4.69) is 10.2 Å². The van der Waals surface area contributed by atoms with Crippen LogP contribution in [0.5, 0.6) is 0 Å². The Bertz CT molecular complexity index is 437. The van der Waals surface area contributed by atoms with Crippen LogP contribution in [0.3, 0.4) is 0 Å². The molecule has 2 N–H and O–H groups in total. The second kappa shape index (κ2) is 8.81. The highest BCUT2D eigenvalue weighted by molar-refractivity contribution is 5.78. The third-order valence-electron chi connectivity index (χ3n) is 5.61. The Balaban J connectivity index is 1.82. The fraction of sp³-hybridized carbons (Fsp3) is 0.889. The van der Waals surface area contributed by atoms with Crippen molar-refractivity contribution < 1.29 is 14.7 Å². The van der Waals surface area contributed by atoms with E-state index in [9.17, 15) is 14.7 Å². The minimum atomic E-state index is -0.853. The molecule has 6 heteroatoms. The van der Waals surface area contributed by atoms with Gasteiger partial charge >= 0.3 is 0 Å². The number of likely N-dealkylation sites (tertiary alicyclic amines) is 1. The molecule has 1 heterocycles. The maximum atomic E-state index is 12.6. The first-order valence-corrected chi connectivity index (χ1v) is 9.34. The van der Waals surface area contributed by atoms with E-state index in [1.807, 2.05) is 11.9 Å². The van der Waals surface area contributed by atoms with Crippen LogP contribution in [0.1, 0.15) is 57.8 Å². The lowest BCUT2D eigenvalue weighted by atomic mass is 9.88. The minimum Gasteiger partial charge on any atom is -0.389 e. The van der Waals surface area contributed by atoms with Crippen LogP contribution in [0.25, 0.3) is 0 Å². The van der Waals surface area contributed by atoms with E-state index in [4.69, 9.17) is 0 Å². The van der Waals surface area contributed by atoms with Gasteiger partial charge in [0.15, 0.2) is 0 Å². The van der Waals surface area contributed by atoms with E-state index in [1.54, 1.807) is 7.05 Å². The molecular formula is C18H33N3O3. The standard InChI is InChI=1S/C18H33N3O3/c1-19-16(22)9-11-18(24)10-6-12-21(14-18)13-17(23)20(2)15-7-4-3-5-8-15/h15,24H,3-14H2,1-2H3,(H,19,22)/t18-/m1/s1. The second-order valence-corrected chi connectivity index (χ2v) is 7.51. The molecule has 0 unspecified atom stereocenters.